The quantitative estimate of drug-likeness (QED) is 0.378. The molecule has 0 spiro atoms. The first-order chi connectivity index (χ1) is 16.4. The van der Waals surface area contributed by atoms with Gasteiger partial charge in [0.15, 0.2) is 0 Å². The van der Waals surface area contributed by atoms with Gasteiger partial charge in [0.25, 0.3) is 5.91 Å². The largest absolute Gasteiger partial charge is 0.497 e. The third kappa shape index (κ3) is 5.21. The van der Waals surface area contributed by atoms with Crippen LogP contribution in [0, 0.1) is 6.92 Å². The van der Waals surface area contributed by atoms with Crippen molar-refractivity contribution < 1.29 is 19.1 Å². The van der Waals surface area contributed by atoms with E-state index in [0.717, 1.165) is 22.0 Å². The standard InChI is InChI=1S/C25H23N5O4/c1-15-11-17-8-9-18(33-2)12-21(17)29-23(15)30-24(31)19-5-3-4-6-20(19)27-13-16-7-10-22(28-14-16)34-25(26)32/h3-12,14,27H,13H2,1-2H3,(H2,26,32)(H,29,30,31). The van der Waals surface area contributed by atoms with Crippen molar-refractivity contribution in [3.8, 4) is 11.6 Å². The van der Waals surface area contributed by atoms with Gasteiger partial charge in [0.05, 0.1) is 18.2 Å². The van der Waals surface area contributed by atoms with Crippen molar-refractivity contribution >= 4 is 34.4 Å². The number of nitrogens with zero attached hydrogens (tertiary/aromatic N) is 2. The number of amides is 2. The van der Waals surface area contributed by atoms with Gasteiger partial charge in [-0.25, -0.2) is 14.8 Å². The van der Waals surface area contributed by atoms with Crippen LogP contribution in [0.3, 0.4) is 0 Å². The maximum Gasteiger partial charge on any atom is 0.411 e. The minimum atomic E-state index is -0.923. The van der Waals surface area contributed by atoms with Crippen molar-refractivity contribution in [2.75, 3.05) is 17.7 Å². The Morgan fingerprint density at radius 2 is 1.88 bits per heavy atom. The Morgan fingerprint density at radius 3 is 2.62 bits per heavy atom. The third-order valence-electron chi connectivity index (χ3n) is 5.10. The normalized spacial score (nSPS) is 10.5. The number of benzene rings is 2. The molecule has 0 aliphatic heterocycles. The number of anilines is 2. The number of aryl methyl sites for hydroxylation is 1. The molecule has 0 unspecified atom stereocenters. The molecule has 0 aliphatic carbocycles. The number of para-hydroxylation sites is 1. The molecule has 4 N–H and O–H groups in total. The van der Waals surface area contributed by atoms with Crippen molar-refractivity contribution in [2.24, 2.45) is 5.73 Å². The van der Waals surface area contributed by atoms with Crippen LogP contribution in [0.2, 0.25) is 0 Å². The molecule has 2 heterocycles. The van der Waals surface area contributed by atoms with Crippen molar-refractivity contribution in [3.05, 3.63) is 83.6 Å². The number of hydrogen-bond donors (Lipinski definition) is 3. The average Bonchev–Trinajstić information content (AvgIpc) is 2.83. The minimum absolute atomic E-state index is 0.118. The first kappa shape index (κ1) is 22.5. The van der Waals surface area contributed by atoms with Crippen LogP contribution in [0.4, 0.5) is 16.3 Å². The fourth-order valence-electron chi connectivity index (χ4n) is 3.39. The maximum atomic E-state index is 13.1. The Kier molecular flexibility index (Phi) is 6.54. The fourth-order valence-corrected chi connectivity index (χ4v) is 3.39. The lowest BCUT2D eigenvalue weighted by atomic mass is 10.1. The van der Waals surface area contributed by atoms with Crippen LogP contribution >= 0.6 is 0 Å². The summed E-state index contributed by atoms with van der Waals surface area (Å²) in [6, 6.07) is 18.1. The van der Waals surface area contributed by atoms with Gasteiger partial charge in [0, 0.05) is 35.9 Å². The zero-order valence-electron chi connectivity index (χ0n) is 18.7. The minimum Gasteiger partial charge on any atom is -0.497 e. The van der Waals surface area contributed by atoms with E-state index in [4.69, 9.17) is 15.2 Å². The van der Waals surface area contributed by atoms with Gasteiger partial charge in [0.1, 0.15) is 11.6 Å². The highest BCUT2D eigenvalue weighted by Gasteiger charge is 2.14. The first-order valence-corrected chi connectivity index (χ1v) is 10.4. The van der Waals surface area contributed by atoms with Gasteiger partial charge in [-0.05, 0) is 48.4 Å². The third-order valence-corrected chi connectivity index (χ3v) is 5.10. The molecule has 0 atom stereocenters. The second kappa shape index (κ2) is 9.86. The van der Waals surface area contributed by atoms with E-state index >= 15 is 0 Å². The van der Waals surface area contributed by atoms with Crippen LogP contribution in [0.1, 0.15) is 21.5 Å². The predicted octanol–water partition coefficient (Wildman–Crippen LogP) is 4.27. The number of nitrogens with one attached hydrogen (secondary N) is 2. The summed E-state index contributed by atoms with van der Waals surface area (Å²) in [6.07, 6.45) is 0.638. The van der Waals surface area contributed by atoms with E-state index in [-0.39, 0.29) is 11.8 Å². The number of pyridine rings is 2. The summed E-state index contributed by atoms with van der Waals surface area (Å²) in [4.78, 5) is 32.6. The van der Waals surface area contributed by atoms with Crippen LogP contribution in [0.25, 0.3) is 10.9 Å². The van der Waals surface area contributed by atoms with E-state index in [9.17, 15) is 9.59 Å². The average molecular weight is 457 g/mol. The summed E-state index contributed by atoms with van der Waals surface area (Å²) < 4.78 is 10.0. The van der Waals surface area contributed by atoms with Gasteiger partial charge in [-0.1, -0.05) is 18.2 Å². The Labute approximate surface area is 195 Å². The van der Waals surface area contributed by atoms with Crippen LogP contribution < -0.4 is 25.8 Å². The number of aromatic nitrogens is 2. The molecular weight excluding hydrogens is 434 g/mol. The molecule has 0 saturated carbocycles. The molecule has 0 bridgehead atoms. The molecule has 0 radical (unpaired) electrons. The van der Waals surface area contributed by atoms with E-state index < -0.39 is 6.09 Å². The summed E-state index contributed by atoms with van der Waals surface area (Å²) in [6.45, 7) is 2.30. The molecule has 34 heavy (non-hydrogen) atoms. The Balaban J connectivity index is 1.50. The smallest absolute Gasteiger partial charge is 0.411 e. The van der Waals surface area contributed by atoms with Crippen LogP contribution in [-0.4, -0.2) is 29.1 Å². The predicted molar refractivity (Wildman–Crippen MR) is 129 cm³/mol. The second-order valence-corrected chi connectivity index (χ2v) is 7.49. The summed E-state index contributed by atoms with van der Waals surface area (Å²) in [5.41, 5.74) is 8.50. The number of hydrogen-bond acceptors (Lipinski definition) is 7. The second-order valence-electron chi connectivity index (χ2n) is 7.49. The number of carbonyl (C=O) groups excluding carboxylic acids is 2. The Morgan fingerprint density at radius 1 is 1.06 bits per heavy atom. The topological polar surface area (TPSA) is 128 Å². The molecule has 2 aromatic carbocycles. The van der Waals surface area contributed by atoms with Crippen LogP contribution in [-0.2, 0) is 6.54 Å². The Bertz CT molecular complexity index is 1360. The molecule has 0 aliphatic rings. The van der Waals surface area contributed by atoms with Gasteiger partial charge in [0.2, 0.25) is 5.88 Å². The molecule has 172 valence electrons. The van der Waals surface area contributed by atoms with Crippen molar-refractivity contribution in [3.63, 3.8) is 0 Å². The Hall–Kier alpha value is -4.66. The number of fused-ring (bicyclic) bond motifs is 1. The first-order valence-electron chi connectivity index (χ1n) is 10.4. The summed E-state index contributed by atoms with van der Waals surface area (Å²) in [5, 5.41) is 7.12. The molecule has 9 heteroatoms. The van der Waals surface area contributed by atoms with Crippen molar-refractivity contribution in [1.29, 1.82) is 0 Å². The van der Waals surface area contributed by atoms with Gasteiger partial charge in [-0.15, -0.1) is 0 Å². The zero-order chi connectivity index (χ0) is 24.1. The number of primary amides is 1. The van der Waals surface area contributed by atoms with Gasteiger partial charge >= 0.3 is 6.09 Å². The lowest BCUT2D eigenvalue weighted by Crippen LogP contribution is -2.17. The molecule has 2 amide bonds. The number of ether oxygens (including phenoxy) is 2. The molecule has 0 fully saturated rings. The van der Waals surface area contributed by atoms with Crippen molar-refractivity contribution in [2.45, 2.75) is 13.5 Å². The lowest BCUT2D eigenvalue weighted by Gasteiger charge is -2.14. The highest BCUT2D eigenvalue weighted by molar-refractivity contribution is 6.08. The number of rotatable bonds is 7. The number of carbonyl (C=O) groups is 2. The number of methoxy groups -OCH3 is 1. The summed E-state index contributed by atoms with van der Waals surface area (Å²) in [7, 11) is 1.60. The van der Waals surface area contributed by atoms with E-state index in [0.29, 0.717) is 29.4 Å². The van der Waals surface area contributed by atoms with E-state index in [1.807, 2.05) is 43.3 Å². The summed E-state index contributed by atoms with van der Waals surface area (Å²) in [5.74, 6) is 1.00. The molecule has 2 aromatic heterocycles. The maximum absolute atomic E-state index is 13.1. The van der Waals surface area contributed by atoms with Crippen molar-refractivity contribution in [1.82, 2.24) is 9.97 Å². The highest BCUT2D eigenvalue weighted by atomic mass is 16.6. The summed E-state index contributed by atoms with van der Waals surface area (Å²) >= 11 is 0. The molecular formula is C25H23N5O4. The monoisotopic (exact) mass is 457 g/mol. The zero-order valence-corrected chi connectivity index (χ0v) is 18.7. The van der Waals surface area contributed by atoms with E-state index in [1.54, 1.807) is 37.6 Å². The SMILES string of the molecule is COc1ccc2cc(C)c(NC(=O)c3ccccc3NCc3ccc(OC(N)=O)nc3)nc2c1. The van der Waals surface area contributed by atoms with Crippen LogP contribution in [0.15, 0.2) is 66.9 Å². The fraction of sp³-hybridized carbons (Fsp3) is 0.120. The van der Waals surface area contributed by atoms with Gasteiger partial charge in [-0.2, -0.15) is 0 Å². The van der Waals surface area contributed by atoms with Gasteiger partial charge < -0.3 is 25.8 Å². The van der Waals surface area contributed by atoms with E-state index in [2.05, 4.69) is 20.6 Å². The molecule has 0 saturated heterocycles. The molecule has 4 rings (SSSR count). The lowest BCUT2D eigenvalue weighted by molar-refractivity contribution is 0.102. The van der Waals surface area contributed by atoms with Crippen LogP contribution in [0.5, 0.6) is 11.6 Å². The van der Waals surface area contributed by atoms with E-state index in [1.165, 1.54) is 0 Å². The number of nitrogens with two attached hydrogens (primary N) is 1. The van der Waals surface area contributed by atoms with Gasteiger partial charge in [-0.3, -0.25) is 4.79 Å². The molecule has 9 nitrogen and oxygen atoms in total. The molecule has 4 aromatic rings. The highest BCUT2D eigenvalue weighted by Crippen LogP contribution is 2.25.